The van der Waals surface area contributed by atoms with E-state index >= 15 is 0 Å². The Morgan fingerprint density at radius 3 is 2.60 bits per heavy atom. The molecule has 0 amide bonds. The summed E-state index contributed by atoms with van der Waals surface area (Å²) in [4.78, 5) is 11.8. The molecule has 0 atom stereocenters. The Morgan fingerprint density at radius 1 is 1.25 bits per heavy atom. The maximum absolute atomic E-state index is 12.2. The molecular weight excluding hydrogens is 293 g/mol. The van der Waals surface area contributed by atoms with Gasteiger partial charge in [-0.25, -0.2) is 4.79 Å². The summed E-state index contributed by atoms with van der Waals surface area (Å²) < 4.78 is 46.0. The second kappa shape index (κ2) is 5.95. The van der Waals surface area contributed by atoms with Gasteiger partial charge in [0, 0.05) is 0 Å². The van der Waals surface area contributed by atoms with E-state index in [1.54, 1.807) is 6.07 Å². The van der Waals surface area contributed by atoms with Crippen LogP contribution in [0.25, 0.3) is 0 Å². The van der Waals surface area contributed by atoms with Crippen LogP contribution in [0.5, 0.6) is 5.75 Å². The molecule has 2 rings (SSSR count). The fourth-order valence-electron chi connectivity index (χ4n) is 2.29. The average Bonchev–Trinajstić information content (AvgIpc) is 2.42. The molecule has 110 valence electrons. The van der Waals surface area contributed by atoms with Gasteiger partial charge >= 0.3 is 11.5 Å². The summed E-state index contributed by atoms with van der Waals surface area (Å²) in [5.41, 5.74) is -2.70. The van der Waals surface area contributed by atoms with Gasteiger partial charge < -0.3 is 8.92 Å². The Bertz CT molecular complexity index is 514. The highest BCUT2D eigenvalue weighted by atomic mass is 32.2. The first-order chi connectivity index (χ1) is 9.42. The van der Waals surface area contributed by atoms with Gasteiger partial charge in [-0.15, -0.1) is 0 Å². The molecule has 0 saturated carbocycles. The Balaban J connectivity index is 2.38. The summed E-state index contributed by atoms with van der Waals surface area (Å²) in [7, 11) is 1.20. The monoisotopic (exact) mass is 306 g/mol. The van der Waals surface area contributed by atoms with E-state index in [2.05, 4.69) is 8.92 Å². The van der Waals surface area contributed by atoms with Crippen LogP contribution in [-0.4, -0.2) is 18.6 Å². The summed E-state index contributed by atoms with van der Waals surface area (Å²) in [6.45, 7) is 0. The molecule has 1 aliphatic rings. The van der Waals surface area contributed by atoms with E-state index in [1.165, 1.54) is 13.2 Å². The lowest BCUT2D eigenvalue weighted by Crippen LogP contribution is -2.14. The van der Waals surface area contributed by atoms with E-state index in [4.69, 9.17) is 0 Å². The van der Waals surface area contributed by atoms with Gasteiger partial charge in [-0.05, 0) is 42.9 Å². The summed E-state index contributed by atoms with van der Waals surface area (Å²) >= 11 is -0.628. The van der Waals surface area contributed by atoms with E-state index in [0.29, 0.717) is 6.42 Å². The van der Waals surface area contributed by atoms with Crippen molar-refractivity contribution in [3.8, 4) is 5.75 Å². The summed E-state index contributed by atoms with van der Waals surface area (Å²) in [6.07, 6.45) is 3.36. The first kappa shape index (κ1) is 15.0. The molecule has 1 aromatic carbocycles. The lowest BCUT2D eigenvalue weighted by Gasteiger charge is -2.20. The number of hydrogen-bond acceptors (Lipinski definition) is 4. The number of halogens is 3. The van der Waals surface area contributed by atoms with Crippen LogP contribution in [0.1, 0.15) is 34.3 Å². The van der Waals surface area contributed by atoms with Gasteiger partial charge in [0.05, 0.1) is 7.11 Å². The third kappa shape index (κ3) is 3.39. The first-order valence-corrected chi connectivity index (χ1v) is 6.82. The third-order valence-corrected chi connectivity index (χ3v) is 3.56. The highest BCUT2D eigenvalue weighted by Crippen LogP contribution is 2.37. The number of carbonyl (C=O) groups is 1. The SMILES string of the molecule is COC(=O)c1c(OSC(F)(F)F)ccc2c1CCCC2. The number of alkyl halides is 3. The summed E-state index contributed by atoms with van der Waals surface area (Å²) in [5, 5.41) is 0. The van der Waals surface area contributed by atoms with E-state index in [0.717, 1.165) is 30.4 Å². The van der Waals surface area contributed by atoms with Crippen molar-refractivity contribution in [1.29, 1.82) is 0 Å². The second-order valence-electron chi connectivity index (χ2n) is 4.39. The zero-order valence-corrected chi connectivity index (χ0v) is 11.6. The fourth-order valence-corrected chi connectivity index (χ4v) is 2.62. The number of fused-ring (bicyclic) bond motifs is 1. The van der Waals surface area contributed by atoms with Gasteiger partial charge in [0.15, 0.2) is 17.8 Å². The molecule has 20 heavy (non-hydrogen) atoms. The number of methoxy groups -OCH3 is 1. The predicted molar refractivity (Wildman–Crippen MR) is 68.7 cm³/mol. The van der Waals surface area contributed by atoms with Crippen molar-refractivity contribution in [1.82, 2.24) is 0 Å². The number of benzene rings is 1. The molecule has 7 heteroatoms. The molecule has 0 fully saturated rings. The number of rotatable bonds is 3. The maximum atomic E-state index is 12.2. The van der Waals surface area contributed by atoms with Crippen LogP contribution in [0.15, 0.2) is 12.1 Å². The quantitative estimate of drug-likeness (QED) is 0.627. The van der Waals surface area contributed by atoms with E-state index in [9.17, 15) is 18.0 Å². The molecule has 0 unspecified atom stereocenters. The highest BCUT2D eigenvalue weighted by Gasteiger charge is 2.33. The lowest BCUT2D eigenvalue weighted by atomic mass is 9.88. The molecule has 0 saturated heterocycles. The standard InChI is InChI=1S/C13H13F3O3S/c1-18-12(17)11-9-5-3-2-4-8(9)6-7-10(11)19-20-13(14,15)16/h6-7H,2-5H2,1H3. The van der Waals surface area contributed by atoms with Crippen LogP contribution < -0.4 is 4.18 Å². The Labute approximate surface area is 118 Å². The van der Waals surface area contributed by atoms with E-state index in [-0.39, 0.29) is 11.3 Å². The van der Waals surface area contributed by atoms with Crippen molar-refractivity contribution in [3.05, 3.63) is 28.8 Å². The van der Waals surface area contributed by atoms with Crippen LogP contribution >= 0.6 is 12.0 Å². The maximum Gasteiger partial charge on any atom is 0.479 e. The molecule has 1 aliphatic carbocycles. The second-order valence-corrected chi connectivity index (χ2v) is 5.18. The highest BCUT2D eigenvalue weighted by molar-refractivity contribution is 7.95. The normalized spacial score (nSPS) is 14.6. The summed E-state index contributed by atoms with van der Waals surface area (Å²) in [5.74, 6) is -0.763. The number of carbonyl (C=O) groups excluding carboxylic acids is 1. The largest absolute Gasteiger partial charge is 0.479 e. The van der Waals surface area contributed by atoms with Crippen LogP contribution in [0.2, 0.25) is 0 Å². The number of esters is 1. The molecule has 0 heterocycles. The fraction of sp³-hybridized carbons (Fsp3) is 0.462. The van der Waals surface area contributed by atoms with Crippen molar-refractivity contribution in [2.24, 2.45) is 0 Å². The molecule has 3 nitrogen and oxygen atoms in total. The number of ether oxygens (including phenoxy) is 1. The van der Waals surface area contributed by atoms with Crippen molar-refractivity contribution in [2.45, 2.75) is 31.2 Å². The van der Waals surface area contributed by atoms with Gasteiger partial charge in [0.25, 0.3) is 0 Å². The lowest BCUT2D eigenvalue weighted by molar-refractivity contribution is -0.0370. The van der Waals surface area contributed by atoms with E-state index in [1.807, 2.05) is 0 Å². The van der Waals surface area contributed by atoms with Crippen molar-refractivity contribution in [2.75, 3.05) is 7.11 Å². The molecule has 0 aliphatic heterocycles. The van der Waals surface area contributed by atoms with Crippen molar-refractivity contribution in [3.63, 3.8) is 0 Å². The van der Waals surface area contributed by atoms with Crippen molar-refractivity contribution < 1.29 is 26.9 Å². The van der Waals surface area contributed by atoms with Crippen LogP contribution in [0.3, 0.4) is 0 Å². The minimum atomic E-state index is -4.52. The zero-order chi connectivity index (χ0) is 14.8. The molecule has 0 aromatic heterocycles. The molecule has 1 aromatic rings. The molecule has 0 radical (unpaired) electrons. The smallest absolute Gasteiger partial charge is 0.465 e. The zero-order valence-electron chi connectivity index (χ0n) is 10.8. The third-order valence-electron chi connectivity index (χ3n) is 3.11. The minimum absolute atomic E-state index is 0.0974. The molecule has 0 bridgehead atoms. The van der Waals surface area contributed by atoms with Crippen LogP contribution in [0, 0.1) is 0 Å². The minimum Gasteiger partial charge on any atom is -0.465 e. The first-order valence-electron chi connectivity index (χ1n) is 6.08. The van der Waals surface area contributed by atoms with Gasteiger partial charge in [-0.1, -0.05) is 6.07 Å². The van der Waals surface area contributed by atoms with Gasteiger partial charge in [-0.2, -0.15) is 13.2 Å². The average molecular weight is 306 g/mol. The Kier molecular flexibility index (Phi) is 4.47. The van der Waals surface area contributed by atoms with Crippen LogP contribution in [0.4, 0.5) is 13.2 Å². The van der Waals surface area contributed by atoms with E-state index < -0.39 is 23.5 Å². The van der Waals surface area contributed by atoms with Crippen molar-refractivity contribution >= 4 is 18.0 Å². The topological polar surface area (TPSA) is 35.5 Å². The number of hydrogen-bond donors (Lipinski definition) is 0. The van der Waals surface area contributed by atoms with Gasteiger partial charge in [-0.3, -0.25) is 0 Å². The molecule has 0 spiro atoms. The van der Waals surface area contributed by atoms with Gasteiger partial charge in [0.2, 0.25) is 0 Å². The predicted octanol–water partition coefficient (Wildman–Crippen LogP) is 3.90. The Hall–Kier alpha value is -1.37. The molecular formula is C13H13F3O3S. The van der Waals surface area contributed by atoms with Crippen LogP contribution in [-0.2, 0) is 17.6 Å². The van der Waals surface area contributed by atoms with Gasteiger partial charge in [0.1, 0.15) is 5.56 Å². The molecule has 0 N–H and O–H groups in total. The number of aryl methyl sites for hydroxylation is 1. The summed E-state index contributed by atoms with van der Waals surface area (Å²) in [6, 6.07) is 3.11. The Morgan fingerprint density at radius 2 is 1.95 bits per heavy atom.